The Morgan fingerprint density at radius 1 is 1.09 bits per heavy atom. The van der Waals surface area contributed by atoms with E-state index in [1.165, 1.54) is 7.11 Å². The van der Waals surface area contributed by atoms with Gasteiger partial charge in [0.05, 0.1) is 18.4 Å². The number of hydrogen-bond donors (Lipinski definition) is 1. The molecule has 0 bridgehead atoms. The number of alkyl halides is 1. The van der Waals surface area contributed by atoms with Crippen LogP contribution in [0.4, 0.5) is 5.69 Å². The minimum atomic E-state index is -0.483. The van der Waals surface area contributed by atoms with Gasteiger partial charge in [0.15, 0.2) is 0 Å². The number of halogens is 1. The summed E-state index contributed by atoms with van der Waals surface area (Å²) < 4.78 is 4.71. The van der Waals surface area contributed by atoms with Gasteiger partial charge in [0.25, 0.3) is 5.91 Å². The summed E-state index contributed by atoms with van der Waals surface area (Å²) in [6.07, 6.45) is 0.910. The van der Waals surface area contributed by atoms with Gasteiger partial charge in [-0.05, 0) is 36.2 Å². The normalized spacial score (nSPS) is 10.1. The van der Waals surface area contributed by atoms with E-state index in [1.54, 1.807) is 36.4 Å². The minimum Gasteiger partial charge on any atom is -0.465 e. The van der Waals surface area contributed by atoms with Crippen molar-refractivity contribution >= 4 is 33.5 Å². The van der Waals surface area contributed by atoms with Crippen LogP contribution in [0.1, 0.15) is 26.3 Å². The maximum Gasteiger partial charge on any atom is 0.339 e. The van der Waals surface area contributed by atoms with E-state index in [1.807, 2.05) is 12.1 Å². The lowest BCUT2D eigenvalue weighted by Gasteiger charge is -2.10. The molecular weight excluding hydrogens is 346 g/mol. The zero-order valence-electron chi connectivity index (χ0n) is 12.1. The van der Waals surface area contributed by atoms with Gasteiger partial charge in [0.1, 0.15) is 0 Å². The molecule has 4 nitrogen and oxygen atoms in total. The van der Waals surface area contributed by atoms with Crippen molar-refractivity contribution < 1.29 is 14.3 Å². The van der Waals surface area contributed by atoms with Crippen molar-refractivity contribution in [2.24, 2.45) is 0 Å². The predicted molar refractivity (Wildman–Crippen MR) is 89.7 cm³/mol. The lowest BCUT2D eigenvalue weighted by Crippen LogP contribution is -2.15. The summed E-state index contributed by atoms with van der Waals surface area (Å²) in [7, 11) is 1.31. The van der Waals surface area contributed by atoms with Gasteiger partial charge in [0.2, 0.25) is 0 Å². The van der Waals surface area contributed by atoms with E-state index < -0.39 is 5.97 Å². The molecule has 0 saturated carbocycles. The number of methoxy groups -OCH3 is 1. The fourth-order valence-corrected chi connectivity index (χ4v) is 2.46. The molecule has 0 radical (unpaired) electrons. The number of carbonyl (C=O) groups excluding carboxylic acids is 2. The number of nitrogens with one attached hydrogen (secondary N) is 1. The first-order valence-corrected chi connectivity index (χ1v) is 7.91. The summed E-state index contributed by atoms with van der Waals surface area (Å²) in [5, 5.41) is 3.62. The van der Waals surface area contributed by atoms with E-state index >= 15 is 0 Å². The zero-order chi connectivity index (χ0) is 15.9. The predicted octanol–water partition coefficient (Wildman–Crippen LogP) is 3.66. The number of rotatable bonds is 5. The Morgan fingerprint density at radius 2 is 1.77 bits per heavy atom. The maximum absolute atomic E-state index is 12.3. The van der Waals surface area contributed by atoms with Crippen LogP contribution in [-0.2, 0) is 11.2 Å². The fourth-order valence-electron chi connectivity index (χ4n) is 2.01. The van der Waals surface area contributed by atoms with Gasteiger partial charge in [0, 0.05) is 10.9 Å². The smallest absolute Gasteiger partial charge is 0.339 e. The molecule has 0 fully saturated rings. The van der Waals surface area contributed by atoms with Crippen LogP contribution in [0, 0.1) is 0 Å². The fraction of sp³-hybridized carbons (Fsp3) is 0.176. The maximum atomic E-state index is 12.3. The van der Waals surface area contributed by atoms with Gasteiger partial charge in [-0.15, -0.1) is 0 Å². The summed E-state index contributed by atoms with van der Waals surface area (Å²) in [5.74, 6) is -0.745. The number of amides is 1. The first-order chi connectivity index (χ1) is 10.7. The van der Waals surface area contributed by atoms with Gasteiger partial charge in [-0.25, -0.2) is 4.79 Å². The van der Waals surface area contributed by atoms with Crippen molar-refractivity contribution in [2.45, 2.75) is 6.42 Å². The Kier molecular flexibility index (Phi) is 5.72. The Hall–Kier alpha value is -2.14. The molecule has 2 aromatic rings. The van der Waals surface area contributed by atoms with E-state index in [2.05, 4.69) is 21.2 Å². The lowest BCUT2D eigenvalue weighted by molar-refractivity contribution is 0.0602. The first kappa shape index (κ1) is 16.2. The molecule has 0 aromatic heterocycles. The van der Waals surface area contributed by atoms with Crippen molar-refractivity contribution in [3.63, 3.8) is 0 Å². The van der Waals surface area contributed by atoms with Crippen LogP contribution in [0.3, 0.4) is 0 Å². The van der Waals surface area contributed by atoms with E-state index in [0.29, 0.717) is 16.8 Å². The Labute approximate surface area is 137 Å². The monoisotopic (exact) mass is 361 g/mol. The van der Waals surface area contributed by atoms with Crippen LogP contribution in [0.15, 0.2) is 48.5 Å². The van der Waals surface area contributed by atoms with Crippen molar-refractivity contribution in [1.82, 2.24) is 0 Å². The largest absolute Gasteiger partial charge is 0.465 e. The molecule has 0 aliphatic carbocycles. The van der Waals surface area contributed by atoms with Gasteiger partial charge >= 0.3 is 5.97 Å². The van der Waals surface area contributed by atoms with E-state index in [0.717, 1.165) is 17.3 Å². The van der Waals surface area contributed by atoms with Crippen molar-refractivity contribution in [2.75, 3.05) is 17.8 Å². The SMILES string of the molecule is COC(=O)c1ccccc1NC(=O)c1ccc(CCBr)cc1. The molecule has 2 rings (SSSR count). The molecule has 22 heavy (non-hydrogen) atoms. The van der Waals surface area contributed by atoms with Gasteiger partial charge in [-0.3, -0.25) is 4.79 Å². The number of esters is 1. The highest BCUT2D eigenvalue weighted by atomic mass is 79.9. The van der Waals surface area contributed by atoms with Gasteiger partial charge in [-0.1, -0.05) is 40.2 Å². The highest BCUT2D eigenvalue weighted by molar-refractivity contribution is 9.09. The Bertz CT molecular complexity index is 668. The third-order valence-corrected chi connectivity index (χ3v) is 3.58. The second-order valence-electron chi connectivity index (χ2n) is 4.63. The third-order valence-electron chi connectivity index (χ3n) is 3.18. The van der Waals surface area contributed by atoms with Crippen molar-refractivity contribution in [1.29, 1.82) is 0 Å². The molecule has 0 atom stereocenters. The molecule has 1 amide bonds. The van der Waals surface area contributed by atoms with Crippen LogP contribution < -0.4 is 5.32 Å². The highest BCUT2D eigenvalue weighted by Gasteiger charge is 2.14. The summed E-state index contributed by atoms with van der Waals surface area (Å²) >= 11 is 3.38. The Morgan fingerprint density at radius 3 is 2.41 bits per heavy atom. The average molecular weight is 362 g/mol. The molecule has 114 valence electrons. The van der Waals surface area contributed by atoms with Crippen LogP contribution in [-0.4, -0.2) is 24.3 Å². The lowest BCUT2D eigenvalue weighted by atomic mass is 10.1. The van der Waals surface area contributed by atoms with E-state index in [4.69, 9.17) is 4.74 Å². The molecule has 0 heterocycles. The molecule has 2 aromatic carbocycles. The van der Waals surface area contributed by atoms with Crippen LogP contribution in [0.5, 0.6) is 0 Å². The van der Waals surface area contributed by atoms with Crippen molar-refractivity contribution in [3.05, 3.63) is 65.2 Å². The van der Waals surface area contributed by atoms with Crippen LogP contribution in [0.2, 0.25) is 0 Å². The highest BCUT2D eigenvalue weighted by Crippen LogP contribution is 2.17. The summed E-state index contributed by atoms with van der Waals surface area (Å²) in [4.78, 5) is 24.0. The number of para-hydroxylation sites is 1. The quantitative estimate of drug-likeness (QED) is 0.652. The number of hydrogen-bond acceptors (Lipinski definition) is 3. The molecular formula is C17H16BrNO3. The first-order valence-electron chi connectivity index (χ1n) is 6.79. The average Bonchev–Trinajstić information content (AvgIpc) is 2.55. The third kappa shape index (κ3) is 3.95. The van der Waals surface area contributed by atoms with Gasteiger partial charge in [-0.2, -0.15) is 0 Å². The zero-order valence-corrected chi connectivity index (χ0v) is 13.7. The van der Waals surface area contributed by atoms with E-state index in [9.17, 15) is 9.59 Å². The molecule has 5 heteroatoms. The number of carbonyl (C=O) groups is 2. The second-order valence-corrected chi connectivity index (χ2v) is 5.42. The topological polar surface area (TPSA) is 55.4 Å². The summed E-state index contributed by atoms with van der Waals surface area (Å²) in [6.45, 7) is 0. The number of ether oxygens (including phenoxy) is 1. The summed E-state index contributed by atoms with van der Waals surface area (Å²) in [5.41, 5.74) is 2.46. The van der Waals surface area contributed by atoms with E-state index in [-0.39, 0.29) is 5.91 Å². The molecule has 0 unspecified atom stereocenters. The number of anilines is 1. The molecule has 0 aliphatic rings. The summed E-state index contributed by atoms with van der Waals surface area (Å²) in [6, 6.07) is 14.1. The van der Waals surface area contributed by atoms with Gasteiger partial charge < -0.3 is 10.1 Å². The number of aryl methyl sites for hydroxylation is 1. The Balaban J connectivity index is 2.17. The standard InChI is InChI=1S/C17H16BrNO3/c1-22-17(21)14-4-2-3-5-15(14)19-16(20)13-8-6-12(7-9-13)10-11-18/h2-9H,10-11H2,1H3,(H,19,20). The molecule has 0 spiro atoms. The number of benzene rings is 2. The molecule has 0 aliphatic heterocycles. The molecule has 1 N–H and O–H groups in total. The second kappa shape index (κ2) is 7.75. The minimum absolute atomic E-state index is 0.262. The molecule has 0 saturated heterocycles. The van der Waals surface area contributed by atoms with Crippen LogP contribution >= 0.6 is 15.9 Å². The van der Waals surface area contributed by atoms with Crippen molar-refractivity contribution in [3.8, 4) is 0 Å². The van der Waals surface area contributed by atoms with Crippen LogP contribution in [0.25, 0.3) is 0 Å².